The van der Waals surface area contributed by atoms with E-state index in [1.165, 1.54) is 4.90 Å². The van der Waals surface area contributed by atoms with Gasteiger partial charge >= 0.3 is 6.03 Å². The van der Waals surface area contributed by atoms with Crippen LogP contribution in [0.3, 0.4) is 0 Å². The van der Waals surface area contributed by atoms with Gasteiger partial charge in [-0.15, -0.1) is 0 Å². The number of carbonyl (C=O) groups excluding carboxylic acids is 2. The van der Waals surface area contributed by atoms with Crippen molar-refractivity contribution in [2.45, 2.75) is 26.7 Å². The second-order valence-corrected chi connectivity index (χ2v) is 6.65. The fraction of sp³-hybridized carbons (Fsp3) is 0.364. The minimum atomic E-state index is -0.599. The standard InChI is InChI=1S/C22H31N5O4/c1-3-30-21(31-4-2)15-27(19-11-5-16(13-23)6-12-19)22(29)25-14-20(28)26-18-9-7-17(24)8-10-18/h5-12,21H,3-4,13-15,23-24H2,1-2H3,(H,25,29)(H,26,28). The molecule has 0 bridgehead atoms. The van der Waals surface area contributed by atoms with Crippen LogP contribution < -0.4 is 27.0 Å². The molecule has 0 aliphatic rings. The van der Waals surface area contributed by atoms with Crippen LogP contribution in [0.2, 0.25) is 0 Å². The number of hydrogen-bond donors (Lipinski definition) is 4. The Bertz CT molecular complexity index is 821. The van der Waals surface area contributed by atoms with E-state index in [-0.39, 0.29) is 19.0 Å². The lowest BCUT2D eigenvalue weighted by molar-refractivity contribution is -0.128. The van der Waals surface area contributed by atoms with Gasteiger partial charge in [-0.05, 0) is 55.8 Å². The predicted octanol–water partition coefficient (Wildman–Crippen LogP) is 2.28. The molecule has 0 saturated carbocycles. The molecule has 9 nitrogen and oxygen atoms in total. The molecule has 9 heteroatoms. The first-order chi connectivity index (χ1) is 15.0. The molecule has 31 heavy (non-hydrogen) atoms. The third kappa shape index (κ3) is 7.89. The number of ether oxygens (including phenoxy) is 2. The SMILES string of the molecule is CCOC(CN(C(=O)NCC(=O)Nc1ccc(N)cc1)c1ccc(CN)cc1)OCC. The summed E-state index contributed by atoms with van der Waals surface area (Å²) in [7, 11) is 0. The van der Waals surface area contributed by atoms with Crippen molar-refractivity contribution in [3.63, 3.8) is 0 Å². The monoisotopic (exact) mass is 429 g/mol. The van der Waals surface area contributed by atoms with E-state index in [4.69, 9.17) is 20.9 Å². The van der Waals surface area contributed by atoms with Crippen LogP contribution in [0.4, 0.5) is 21.9 Å². The zero-order valence-electron chi connectivity index (χ0n) is 18.0. The number of amides is 3. The second-order valence-electron chi connectivity index (χ2n) is 6.65. The molecule has 2 aromatic rings. The lowest BCUT2D eigenvalue weighted by Crippen LogP contribution is -2.47. The molecule has 0 saturated heterocycles. The first-order valence-corrected chi connectivity index (χ1v) is 10.2. The minimum Gasteiger partial charge on any atom is -0.399 e. The van der Waals surface area contributed by atoms with E-state index in [2.05, 4.69) is 10.6 Å². The normalized spacial score (nSPS) is 10.7. The molecule has 168 valence electrons. The summed E-state index contributed by atoms with van der Waals surface area (Å²) in [5.74, 6) is -0.359. The van der Waals surface area contributed by atoms with Gasteiger partial charge in [0.1, 0.15) is 0 Å². The Morgan fingerprint density at radius 1 is 1.00 bits per heavy atom. The Hall–Kier alpha value is -3.14. The fourth-order valence-corrected chi connectivity index (χ4v) is 2.81. The molecule has 0 radical (unpaired) electrons. The van der Waals surface area contributed by atoms with Crippen LogP contribution in [0.15, 0.2) is 48.5 Å². The number of urea groups is 1. The van der Waals surface area contributed by atoms with Crippen LogP contribution in [-0.2, 0) is 20.8 Å². The van der Waals surface area contributed by atoms with Gasteiger partial charge in [0.15, 0.2) is 6.29 Å². The molecule has 0 atom stereocenters. The quantitative estimate of drug-likeness (QED) is 0.320. The summed E-state index contributed by atoms with van der Waals surface area (Å²) in [5, 5.41) is 5.35. The van der Waals surface area contributed by atoms with E-state index in [1.54, 1.807) is 36.4 Å². The number of nitrogens with two attached hydrogens (primary N) is 2. The first-order valence-electron chi connectivity index (χ1n) is 10.2. The van der Waals surface area contributed by atoms with Crippen LogP contribution >= 0.6 is 0 Å². The number of nitrogens with zero attached hydrogens (tertiary/aromatic N) is 1. The molecular formula is C22H31N5O4. The molecule has 0 fully saturated rings. The maximum atomic E-state index is 12.9. The van der Waals surface area contributed by atoms with E-state index in [0.29, 0.717) is 36.8 Å². The van der Waals surface area contributed by atoms with Crippen LogP contribution in [0.1, 0.15) is 19.4 Å². The van der Waals surface area contributed by atoms with E-state index in [1.807, 2.05) is 26.0 Å². The summed E-state index contributed by atoms with van der Waals surface area (Å²) in [6.45, 7) is 4.95. The zero-order chi connectivity index (χ0) is 22.6. The molecule has 0 aliphatic carbocycles. The van der Waals surface area contributed by atoms with Crippen LogP contribution in [0.5, 0.6) is 0 Å². The second kappa shape index (κ2) is 12.5. The highest BCUT2D eigenvalue weighted by Crippen LogP contribution is 2.17. The molecule has 0 heterocycles. The number of nitrogens with one attached hydrogen (secondary N) is 2. The van der Waals surface area contributed by atoms with Crippen molar-refractivity contribution in [2.75, 3.05) is 42.3 Å². The average molecular weight is 430 g/mol. The molecule has 6 N–H and O–H groups in total. The largest absolute Gasteiger partial charge is 0.399 e. The summed E-state index contributed by atoms with van der Waals surface area (Å²) >= 11 is 0. The first kappa shape index (κ1) is 24.1. The van der Waals surface area contributed by atoms with Gasteiger partial charge in [0.05, 0.1) is 13.1 Å². The summed E-state index contributed by atoms with van der Waals surface area (Å²) in [5.41, 5.74) is 14.1. The predicted molar refractivity (Wildman–Crippen MR) is 122 cm³/mol. The Balaban J connectivity index is 2.06. The highest BCUT2D eigenvalue weighted by Gasteiger charge is 2.22. The van der Waals surface area contributed by atoms with E-state index < -0.39 is 12.3 Å². The van der Waals surface area contributed by atoms with Gasteiger partial charge in [0.25, 0.3) is 0 Å². The van der Waals surface area contributed by atoms with Crippen LogP contribution in [0, 0.1) is 0 Å². The Morgan fingerprint density at radius 2 is 1.61 bits per heavy atom. The number of carbonyl (C=O) groups is 2. The summed E-state index contributed by atoms with van der Waals surface area (Å²) in [6.07, 6.45) is -0.599. The summed E-state index contributed by atoms with van der Waals surface area (Å²) in [6, 6.07) is 13.6. The van der Waals surface area contributed by atoms with Gasteiger partial charge < -0.3 is 31.6 Å². The van der Waals surface area contributed by atoms with Crippen molar-refractivity contribution in [1.29, 1.82) is 0 Å². The lowest BCUT2D eigenvalue weighted by Gasteiger charge is -2.27. The van der Waals surface area contributed by atoms with Crippen LogP contribution in [0.25, 0.3) is 0 Å². The van der Waals surface area contributed by atoms with E-state index >= 15 is 0 Å². The van der Waals surface area contributed by atoms with Gasteiger partial charge in [-0.3, -0.25) is 9.69 Å². The van der Waals surface area contributed by atoms with Crippen LogP contribution in [-0.4, -0.2) is 44.5 Å². The number of rotatable bonds is 11. The summed E-state index contributed by atoms with van der Waals surface area (Å²) in [4.78, 5) is 26.6. The fourth-order valence-electron chi connectivity index (χ4n) is 2.81. The smallest absolute Gasteiger partial charge is 0.322 e. The molecule has 0 aromatic heterocycles. The topological polar surface area (TPSA) is 132 Å². The third-order valence-electron chi connectivity index (χ3n) is 4.36. The van der Waals surface area contributed by atoms with Crippen molar-refractivity contribution in [2.24, 2.45) is 5.73 Å². The van der Waals surface area contributed by atoms with E-state index in [0.717, 1.165) is 5.56 Å². The maximum absolute atomic E-state index is 12.9. The molecule has 0 spiro atoms. The highest BCUT2D eigenvalue weighted by molar-refractivity contribution is 5.98. The zero-order valence-corrected chi connectivity index (χ0v) is 18.0. The maximum Gasteiger partial charge on any atom is 0.322 e. The third-order valence-corrected chi connectivity index (χ3v) is 4.36. The van der Waals surface area contributed by atoms with Crippen molar-refractivity contribution < 1.29 is 19.1 Å². The van der Waals surface area contributed by atoms with Gasteiger partial charge in [-0.2, -0.15) is 0 Å². The molecule has 2 rings (SSSR count). The minimum absolute atomic E-state index is 0.162. The van der Waals surface area contributed by atoms with Gasteiger partial charge in [0, 0.05) is 36.8 Å². The lowest BCUT2D eigenvalue weighted by atomic mass is 10.2. The molecule has 3 amide bonds. The highest BCUT2D eigenvalue weighted by atomic mass is 16.7. The molecular weight excluding hydrogens is 398 g/mol. The van der Waals surface area contributed by atoms with E-state index in [9.17, 15) is 9.59 Å². The summed E-state index contributed by atoms with van der Waals surface area (Å²) < 4.78 is 11.2. The van der Waals surface area contributed by atoms with Crippen molar-refractivity contribution in [3.05, 3.63) is 54.1 Å². The molecule has 0 unspecified atom stereocenters. The Morgan fingerprint density at radius 3 is 2.16 bits per heavy atom. The van der Waals surface area contributed by atoms with Gasteiger partial charge in [-0.25, -0.2) is 4.79 Å². The number of hydrogen-bond acceptors (Lipinski definition) is 6. The number of anilines is 3. The Kier molecular flexibility index (Phi) is 9.76. The molecule has 0 aliphatic heterocycles. The van der Waals surface area contributed by atoms with Crippen molar-refractivity contribution >= 4 is 29.0 Å². The number of nitrogen functional groups attached to an aromatic ring is 1. The Labute approximate surface area is 182 Å². The number of benzene rings is 2. The van der Waals surface area contributed by atoms with Crippen molar-refractivity contribution in [1.82, 2.24) is 5.32 Å². The van der Waals surface area contributed by atoms with Gasteiger partial charge in [0.2, 0.25) is 5.91 Å². The van der Waals surface area contributed by atoms with Gasteiger partial charge in [-0.1, -0.05) is 12.1 Å². The van der Waals surface area contributed by atoms with Crippen molar-refractivity contribution in [3.8, 4) is 0 Å². The average Bonchev–Trinajstić information content (AvgIpc) is 2.78. The molecule has 2 aromatic carbocycles.